The van der Waals surface area contributed by atoms with Crippen molar-refractivity contribution in [3.8, 4) is 0 Å². The van der Waals surface area contributed by atoms with Crippen molar-refractivity contribution in [3.05, 3.63) is 87.2 Å². The highest BCUT2D eigenvalue weighted by molar-refractivity contribution is 5.79. The summed E-state index contributed by atoms with van der Waals surface area (Å²) in [6, 6.07) is 14.3. The van der Waals surface area contributed by atoms with E-state index in [1.54, 1.807) is 12.1 Å². The molecular formula is C26H31FN6O. The van der Waals surface area contributed by atoms with E-state index in [4.69, 9.17) is 0 Å². The zero-order valence-electron chi connectivity index (χ0n) is 20.3. The van der Waals surface area contributed by atoms with E-state index in [-0.39, 0.29) is 23.0 Å². The van der Waals surface area contributed by atoms with Gasteiger partial charge in [-0.1, -0.05) is 30.7 Å². The summed E-state index contributed by atoms with van der Waals surface area (Å²) in [5.74, 6) is 0.463. The van der Waals surface area contributed by atoms with Gasteiger partial charge < -0.3 is 4.98 Å². The van der Waals surface area contributed by atoms with Crippen molar-refractivity contribution in [1.82, 2.24) is 30.1 Å². The van der Waals surface area contributed by atoms with Gasteiger partial charge in [-0.05, 0) is 85.8 Å². The lowest BCUT2D eigenvalue weighted by atomic mass is 10.0. The summed E-state index contributed by atoms with van der Waals surface area (Å²) in [5, 5.41) is 13.6. The van der Waals surface area contributed by atoms with Crippen LogP contribution in [-0.2, 0) is 18.6 Å². The van der Waals surface area contributed by atoms with Crippen LogP contribution in [0.3, 0.4) is 0 Å². The summed E-state index contributed by atoms with van der Waals surface area (Å²) < 4.78 is 15.4. The molecule has 2 aromatic heterocycles. The van der Waals surface area contributed by atoms with Crippen LogP contribution >= 0.6 is 0 Å². The van der Waals surface area contributed by atoms with Crippen molar-refractivity contribution in [1.29, 1.82) is 0 Å². The highest BCUT2D eigenvalue weighted by Gasteiger charge is 2.29. The van der Waals surface area contributed by atoms with Gasteiger partial charge in [0, 0.05) is 24.2 Å². The number of hydrogen-bond donors (Lipinski definition) is 1. The van der Waals surface area contributed by atoms with Crippen molar-refractivity contribution in [3.63, 3.8) is 0 Å². The Balaban J connectivity index is 1.77. The Morgan fingerprint density at radius 1 is 1.09 bits per heavy atom. The van der Waals surface area contributed by atoms with Gasteiger partial charge >= 0.3 is 0 Å². The number of fused-ring (bicyclic) bond motifs is 1. The van der Waals surface area contributed by atoms with Gasteiger partial charge in [0.25, 0.3) is 5.56 Å². The van der Waals surface area contributed by atoms with Gasteiger partial charge in [-0.25, -0.2) is 9.07 Å². The second-order valence-electron chi connectivity index (χ2n) is 9.79. The molecule has 0 aliphatic heterocycles. The smallest absolute Gasteiger partial charge is 0.252 e. The topological polar surface area (TPSA) is 79.7 Å². The monoisotopic (exact) mass is 462 g/mol. The van der Waals surface area contributed by atoms with E-state index >= 15 is 0 Å². The Labute approximate surface area is 198 Å². The van der Waals surface area contributed by atoms with Gasteiger partial charge in [0.1, 0.15) is 5.82 Å². The van der Waals surface area contributed by atoms with Crippen LogP contribution in [0.2, 0.25) is 0 Å². The minimum Gasteiger partial charge on any atom is -0.322 e. The van der Waals surface area contributed by atoms with Crippen LogP contribution in [0.1, 0.15) is 62.7 Å². The Hall–Kier alpha value is -3.39. The zero-order valence-corrected chi connectivity index (χ0v) is 20.3. The average molecular weight is 463 g/mol. The molecule has 8 heteroatoms. The number of pyridine rings is 1. The molecule has 0 saturated heterocycles. The lowest BCUT2D eigenvalue weighted by Gasteiger charge is -2.32. The predicted molar refractivity (Wildman–Crippen MR) is 131 cm³/mol. The van der Waals surface area contributed by atoms with Gasteiger partial charge in [0.2, 0.25) is 0 Å². The Kier molecular flexibility index (Phi) is 6.61. The summed E-state index contributed by atoms with van der Waals surface area (Å²) in [6.45, 7) is 11.2. The Morgan fingerprint density at radius 3 is 2.50 bits per heavy atom. The average Bonchev–Trinajstić information content (AvgIpc) is 3.27. The normalized spacial score (nSPS) is 13.0. The van der Waals surface area contributed by atoms with E-state index in [1.807, 2.05) is 29.8 Å². The molecule has 2 heterocycles. The predicted octanol–water partition coefficient (Wildman–Crippen LogP) is 4.87. The maximum atomic E-state index is 13.5. The number of nitrogens with one attached hydrogen (secondary N) is 1. The number of rotatable bonds is 7. The number of benzene rings is 2. The standard InChI is InChI=1S/C26H31FN6O/c1-6-23(24-29-30-31-33(24)26(3,4)5)32(15-18-8-10-21(27)11-9-18)16-20-14-19-13-17(2)7-12-22(19)28-25(20)34/h7-14,23H,6,15-16H2,1-5H3,(H,28,34)/t23-/m1/s1. The molecule has 0 aliphatic carbocycles. The quantitative estimate of drug-likeness (QED) is 0.424. The maximum Gasteiger partial charge on any atom is 0.252 e. The molecular weight excluding hydrogens is 431 g/mol. The molecule has 178 valence electrons. The highest BCUT2D eigenvalue weighted by Crippen LogP contribution is 2.29. The Bertz CT molecular complexity index is 1340. The van der Waals surface area contributed by atoms with E-state index in [2.05, 4.69) is 59.2 Å². The van der Waals surface area contributed by atoms with Crippen LogP contribution < -0.4 is 5.56 Å². The molecule has 1 N–H and O–H groups in total. The van der Waals surface area contributed by atoms with Crippen LogP contribution in [0.25, 0.3) is 10.9 Å². The zero-order chi connectivity index (χ0) is 24.5. The molecule has 2 aromatic carbocycles. The molecule has 0 radical (unpaired) electrons. The van der Waals surface area contributed by atoms with E-state index in [0.29, 0.717) is 18.7 Å². The van der Waals surface area contributed by atoms with Crippen LogP contribution in [-0.4, -0.2) is 30.1 Å². The Morgan fingerprint density at radius 2 is 1.82 bits per heavy atom. The number of tetrazole rings is 1. The molecule has 0 spiro atoms. The second kappa shape index (κ2) is 9.46. The van der Waals surface area contributed by atoms with Crippen LogP contribution in [0.15, 0.2) is 53.3 Å². The molecule has 0 aliphatic rings. The van der Waals surface area contributed by atoms with E-state index in [0.717, 1.165) is 34.3 Å². The number of H-pyrrole nitrogens is 1. The number of nitrogens with zero attached hydrogens (tertiary/aromatic N) is 5. The number of halogens is 1. The fraction of sp³-hybridized carbons (Fsp3) is 0.385. The van der Waals surface area contributed by atoms with E-state index < -0.39 is 0 Å². The summed E-state index contributed by atoms with van der Waals surface area (Å²) in [6.07, 6.45) is 0.738. The fourth-order valence-electron chi connectivity index (χ4n) is 4.29. The first kappa shape index (κ1) is 23.8. The summed E-state index contributed by atoms with van der Waals surface area (Å²) in [5.41, 5.74) is 3.13. The van der Waals surface area contributed by atoms with Gasteiger partial charge in [-0.3, -0.25) is 9.69 Å². The third-order valence-corrected chi connectivity index (χ3v) is 6.00. The molecule has 0 amide bonds. The first-order chi connectivity index (χ1) is 16.2. The number of hydrogen-bond acceptors (Lipinski definition) is 5. The summed E-state index contributed by atoms with van der Waals surface area (Å²) in [4.78, 5) is 18.2. The molecule has 4 aromatic rings. The third kappa shape index (κ3) is 5.07. The van der Waals surface area contributed by atoms with Crippen molar-refractivity contribution in [2.45, 2.75) is 65.7 Å². The van der Waals surface area contributed by atoms with Gasteiger partial charge in [-0.2, -0.15) is 0 Å². The van der Waals surface area contributed by atoms with E-state index in [1.165, 1.54) is 12.1 Å². The highest BCUT2D eigenvalue weighted by atomic mass is 19.1. The number of aryl methyl sites for hydroxylation is 1. The SMILES string of the molecule is CC[C@H](c1nnnn1C(C)(C)C)N(Cc1ccc(F)cc1)Cc1cc2cc(C)ccc2[nH]c1=O. The van der Waals surface area contributed by atoms with Crippen LogP contribution in [0, 0.1) is 12.7 Å². The fourth-order valence-corrected chi connectivity index (χ4v) is 4.29. The van der Waals surface area contributed by atoms with E-state index in [9.17, 15) is 9.18 Å². The molecule has 0 unspecified atom stereocenters. The third-order valence-electron chi connectivity index (χ3n) is 6.00. The number of aromatic nitrogens is 5. The van der Waals surface area contributed by atoms with Gasteiger partial charge in [-0.15, -0.1) is 5.10 Å². The van der Waals surface area contributed by atoms with Crippen molar-refractivity contribution in [2.24, 2.45) is 0 Å². The van der Waals surface area contributed by atoms with Crippen molar-refractivity contribution in [2.75, 3.05) is 0 Å². The summed E-state index contributed by atoms with van der Waals surface area (Å²) >= 11 is 0. The molecule has 7 nitrogen and oxygen atoms in total. The lowest BCUT2D eigenvalue weighted by molar-refractivity contribution is 0.153. The molecule has 0 fully saturated rings. The van der Waals surface area contributed by atoms with Crippen molar-refractivity contribution >= 4 is 10.9 Å². The van der Waals surface area contributed by atoms with Gasteiger partial charge in [0.15, 0.2) is 5.82 Å². The minimum atomic E-state index is -0.300. The van der Waals surface area contributed by atoms with Crippen LogP contribution in [0.4, 0.5) is 4.39 Å². The number of aromatic amines is 1. The first-order valence-electron chi connectivity index (χ1n) is 11.6. The van der Waals surface area contributed by atoms with Gasteiger partial charge in [0.05, 0.1) is 11.6 Å². The molecule has 34 heavy (non-hydrogen) atoms. The lowest BCUT2D eigenvalue weighted by Crippen LogP contribution is -2.35. The maximum absolute atomic E-state index is 13.5. The largest absolute Gasteiger partial charge is 0.322 e. The molecule has 0 saturated carbocycles. The molecule has 1 atom stereocenters. The first-order valence-corrected chi connectivity index (χ1v) is 11.6. The molecule has 0 bridgehead atoms. The molecule has 4 rings (SSSR count). The van der Waals surface area contributed by atoms with Crippen molar-refractivity contribution < 1.29 is 4.39 Å². The minimum absolute atomic E-state index is 0.120. The van der Waals surface area contributed by atoms with Crippen LogP contribution in [0.5, 0.6) is 0 Å². The summed E-state index contributed by atoms with van der Waals surface area (Å²) in [7, 11) is 0. The second-order valence-corrected chi connectivity index (χ2v) is 9.79.